The number of carbonyl (C=O) groups is 2. The molecule has 4 heterocycles. The van der Waals surface area contributed by atoms with Crippen LogP contribution in [-0.2, 0) is 4.74 Å². The van der Waals surface area contributed by atoms with E-state index in [0.29, 0.717) is 62.0 Å². The molecule has 0 radical (unpaired) electrons. The minimum absolute atomic E-state index is 0.0261. The molecule has 1 aliphatic carbocycles. The number of morpholine rings is 1. The van der Waals surface area contributed by atoms with Crippen LogP contribution in [0.4, 0.5) is 4.79 Å². The van der Waals surface area contributed by atoms with Crippen molar-refractivity contribution in [2.45, 2.75) is 31.1 Å². The zero-order valence-corrected chi connectivity index (χ0v) is 16.5. The van der Waals surface area contributed by atoms with Crippen LogP contribution in [0, 0.1) is 0 Å². The lowest BCUT2D eigenvalue weighted by atomic mass is 9.98. The molecule has 3 fully saturated rings. The van der Waals surface area contributed by atoms with Crippen molar-refractivity contribution in [3.63, 3.8) is 0 Å². The first kappa shape index (κ1) is 18.4. The Morgan fingerprint density at radius 2 is 1.90 bits per heavy atom. The van der Waals surface area contributed by atoms with Crippen molar-refractivity contribution in [2.24, 2.45) is 0 Å². The van der Waals surface area contributed by atoms with Crippen LogP contribution in [-0.4, -0.2) is 78.3 Å². The SMILES string of the molecule is CNC(=O)c1cc(C2CC2)nc2onc(C3CCN(C(=O)N4CCOCC4)C3)c12. The summed E-state index contributed by atoms with van der Waals surface area (Å²) in [4.78, 5) is 33.7. The maximum absolute atomic E-state index is 12.8. The molecule has 0 spiro atoms. The Bertz CT molecular complexity index is 948. The fourth-order valence-electron chi connectivity index (χ4n) is 4.28. The third-order valence-corrected chi connectivity index (χ3v) is 6.09. The highest BCUT2D eigenvalue weighted by Crippen LogP contribution is 2.41. The number of likely N-dealkylation sites (tertiary alicyclic amines) is 1. The quantitative estimate of drug-likeness (QED) is 0.843. The molecule has 1 unspecified atom stereocenters. The van der Waals surface area contributed by atoms with Crippen molar-refractivity contribution in [3.8, 4) is 0 Å². The Kier molecular flexibility index (Phi) is 4.61. The van der Waals surface area contributed by atoms with Gasteiger partial charge in [0, 0.05) is 50.8 Å². The summed E-state index contributed by atoms with van der Waals surface area (Å²) in [5, 5.41) is 7.69. The minimum atomic E-state index is -0.164. The molecule has 0 bridgehead atoms. The van der Waals surface area contributed by atoms with Crippen molar-refractivity contribution >= 4 is 23.0 Å². The van der Waals surface area contributed by atoms with Gasteiger partial charge < -0.3 is 24.4 Å². The fraction of sp³-hybridized carbons (Fsp3) is 0.600. The van der Waals surface area contributed by atoms with Gasteiger partial charge in [-0.1, -0.05) is 5.16 Å². The normalized spacial score (nSPS) is 22.3. The largest absolute Gasteiger partial charge is 0.378 e. The first-order valence-corrected chi connectivity index (χ1v) is 10.3. The number of rotatable bonds is 3. The van der Waals surface area contributed by atoms with Gasteiger partial charge in [0.25, 0.3) is 11.6 Å². The Labute approximate surface area is 168 Å². The van der Waals surface area contributed by atoms with Gasteiger partial charge in [-0.3, -0.25) is 4.79 Å². The Morgan fingerprint density at radius 1 is 1.10 bits per heavy atom. The molecule has 2 aromatic heterocycles. The zero-order valence-electron chi connectivity index (χ0n) is 16.5. The summed E-state index contributed by atoms with van der Waals surface area (Å²) in [5.74, 6) is 0.269. The van der Waals surface area contributed by atoms with E-state index >= 15 is 0 Å². The van der Waals surface area contributed by atoms with Gasteiger partial charge in [0.05, 0.1) is 29.9 Å². The molecule has 1 saturated carbocycles. The molecule has 2 aliphatic heterocycles. The highest BCUT2D eigenvalue weighted by Gasteiger charge is 2.35. The Hall–Kier alpha value is -2.68. The molecule has 2 saturated heterocycles. The van der Waals surface area contributed by atoms with E-state index < -0.39 is 0 Å². The standard InChI is InChI=1S/C20H25N5O4/c1-21-18(26)14-10-15(12-2-3-12)22-19-16(14)17(23-29-19)13-4-5-25(11-13)20(27)24-6-8-28-9-7-24/h10,12-13H,2-9,11H2,1H3,(H,21,26). The van der Waals surface area contributed by atoms with Gasteiger partial charge in [-0.05, 0) is 25.3 Å². The van der Waals surface area contributed by atoms with Crippen LogP contribution in [0.1, 0.15) is 52.8 Å². The maximum atomic E-state index is 12.8. The van der Waals surface area contributed by atoms with E-state index in [1.54, 1.807) is 7.05 Å². The number of nitrogens with one attached hydrogen (secondary N) is 1. The molecule has 2 aromatic rings. The van der Waals surface area contributed by atoms with Crippen LogP contribution >= 0.6 is 0 Å². The van der Waals surface area contributed by atoms with Crippen LogP contribution in [0.15, 0.2) is 10.6 Å². The van der Waals surface area contributed by atoms with Crippen molar-refractivity contribution in [3.05, 3.63) is 23.0 Å². The predicted molar refractivity (Wildman–Crippen MR) is 104 cm³/mol. The molecule has 9 nitrogen and oxygen atoms in total. The predicted octanol–water partition coefficient (Wildman–Crippen LogP) is 1.70. The second kappa shape index (κ2) is 7.29. The molecule has 3 aliphatic rings. The highest BCUT2D eigenvalue weighted by molar-refractivity contribution is 6.06. The van der Waals surface area contributed by atoms with E-state index in [2.05, 4.69) is 15.5 Å². The number of nitrogens with zero attached hydrogens (tertiary/aromatic N) is 4. The number of carbonyl (C=O) groups excluding carboxylic acids is 2. The van der Waals surface area contributed by atoms with E-state index in [-0.39, 0.29) is 17.9 Å². The van der Waals surface area contributed by atoms with E-state index in [0.717, 1.165) is 30.7 Å². The monoisotopic (exact) mass is 399 g/mol. The molecule has 1 atom stereocenters. The minimum Gasteiger partial charge on any atom is -0.378 e. The topological polar surface area (TPSA) is 101 Å². The number of amides is 3. The molecule has 0 aromatic carbocycles. The molecular weight excluding hydrogens is 374 g/mol. The summed E-state index contributed by atoms with van der Waals surface area (Å²) >= 11 is 0. The van der Waals surface area contributed by atoms with Crippen LogP contribution in [0.2, 0.25) is 0 Å². The summed E-state index contributed by atoms with van der Waals surface area (Å²) in [6, 6.07) is 1.93. The first-order chi connectivity index (χ1) is 14.2. The lowest BCUT2D eigenvalue weighted by Gasteiger charge is -2.30. The summed E-state index contributed by atoms with van der Waals surface area (Å²) < 4.78 is 10.9. The summed E-state index contributed by atoms with van der Waals surface area (Å²) in [6.45, 7) is 3.65. The van der Waals surface area contributed by atoms with Crippen LogP contribution in [0.5, 0.6) is 0 Å². The number of hydrogen-bond donors (Lipinski definition) is 1. The second-order valence-corrected chi connectivity index (χ2v) is 8.01. The highest BCUT2D eigenvalue weighted by atomic mass is 16.5. The van der Waals surface area contributed by atoms with Gasteiger partial charge in [0.15, 0.2) is 0 Å². The average molecular weight is 399 g/mol. The third kappa shape index (κ3) is 3.33. The molecule has 29 heavy (non-hydrogen) atoms. The fourth-order valence-corrected chi connectivity index (χ4v) is 4.28. The van der Waals surface area contributed by atoms with Crippen molar-refractivity contribution in [1.82, 2.24) is 25.3 Å². The number of fused-ring (bicyclic) bond motifs is 1. The molecule has 154 valence electrons. The zero-order chi connectivity index (χ0) is 20.0. The molecule has 5 rings (SSSR count). The number of pyridine rings is 1. The molecule has 9 heteroatoms. The lowest BCUT2D eigenvalue weighted by Crippen LogP contribution is -2.47. The van der Waals surface area contributed by atoms with Crippen LogP contribution in [0.25, 0.3) is 11.1 Å². The summed E-state index contributed by atoms with van der Waals surface area (Å²) in [7, 11) is 1.62. The van der Waals surface area contributed by atoms with Crippen LogP contribution < -0.4 is 5.32 Å². The van der Waals surface area contributed by atoms with E-state index in [1.807, 2.05) is 15.9 Å². The average Bonchev–Trinajstić information content (AvgIpc) is 3.35. The summed E-state index contributed by atoms with van der Waals surface area (Å²) in [5.41, 5.74) is 2.61. The van der Waals surface area contributed by atoms with Gasteiger partial charge >= 0.3 is 6.03 Å². The first-order valence-electron chi connectivity index (χ1n) is 10.3. The smallest absolute Gasteiger partial charge is 0.320 e. The van der Waals surface area contributed by atoms with E-state index in [1.165, 1.54) is 0 Å². The Balaban J connectivity index is 1.43. The van der Waals surface area contributed by atoms with Crippen molar-refractivity contribution in [1.29, 1.82) is 0 Å². The van der Waals surface area contributed by atoms with Crippen molar-refractivity contribution < 1.29 is 18.8 Å². The van der Waals surface area contributed by atoms with Crippen molar-refractivity contribution in [2.75, 3.05) is 46.4 Å². The van der Waals surface area contributed by atoms with Gasteiger partial charge in [-0.2, -0.15) is 0 Å². The molecule has 3 amide bonds. The van der Waals surface area contributed by atoms with E-state index in [9.17, 15) is 9.59 Å². The van der Waals surface area contributed by atoms with E-state index in [4.69, 9.17) is 9.26 Å². The van der Waals surface area contributed by atoms with Gasteiger partial charge in [0.1, 0.15) is 0 Å². The molecule has 1 N–H and O–H groups in total. The van der Waals surface area contributed by atoms with Gasteiger partial charge in [-0.25, -0.2) is 9.78 Å². The Morgan fingerprint density at radius 3 is 2.62 bits per heavy atom. The second-order valence-electron chi connectivity index (χ2n) is 8.01. The maximum Gasteiger partial charge on any atom is 0.320 e. The number of aromatic nitrogens is 2. The number of hydrogen-bond acceptors (Lipinski definition) is 6. The van der Waals surface area contributed by atoms with Gasteiger partial charge in [-0.15, -0.1) is 0 Å². The third-order valence-electron chi connectivity index (χ3n) is 6.09. The lowest BCUT2D eigenvalue weighted by molar-refractivity contribution is 0.0450. The molecular formula is C20H25N5O4. The number of ether oxygens (including phenoxy) is 1. The number of urea groups is 1. The van der Waals surface area contributed by atoms with Gasteiger partial charge in [0.2, 0.25) is 0 Å². The van der Waals surface area contributed by atoms with Crippen LogP contribution in [0.3, 0.4) is 0 Å². The summed E-state index contributed by atoms with van der Waals surface area (Å²) in [6.07, 6.45) is 2.97.